The summed E-state index contributed by atoms with van der Waals surface area (Å²) in [6, 6.07) is 6.05. The Morgan fingerprint density at radius 3 is 2.38 bits per heavy atom. The predicted molar refractivity (Wildman–Crippen MR) is 126 cm³/mol. The van der Waals surface area contributed by atoms with Gasteiger partial charge >= 0.3 is 6.18 Å². The minimum absolute atomic E-state index is 0.0471. The molecule has 1 aromatic heterocycles. The molecule has 2 amide bonds. The third-order valence-electron chi connectivity index (χ3n) is 6.16. The second kappa shape index (κ2) is 11.0. The minimum Gasteiger partial charge on any atom is -0.497 e. The standard InChI is InChI=1S/C25H23F6N5O3/c1-39-16-4-2-15(3-5-16)33-24(38)22-23(25(29,30)31)34-20-12-35(6-7-36(20)22)21(37)10-14(32)8-13-9-18(27)19(28)11-17(13)26/h2-5,9,11,14H,6-8,10,12,32H2,1H3,(H,33,38)/t14-/m0/s1. The topological polar surface area (TPSA) is 102 Å². The number of nitrogens with two attached hydrogens (primary N) is 1. The molecule has 208 valence electrons. The molecular weight excluding hydrogens is 532 g/mol. The first-order valence-corrected chi connectivity index (χ1v) is 11.7. The summed E-state index contributed by atoms with van der Waals surface area (Å²) in [4.78, 5) is 30.5. The Kier molecular flexibility index (Phi) is 7.86. The van der Waals surface area contributed by atoms with Gasteiger partial charge in [-0.2, -0.15) is 13.2 Å². The Morgan fingerprint density at radius 1 is 1.08 bits per heavy atom. The monoisotopic (exact) mass is 555 g/mol. The number of methoxy groups -OCH3 is 1. The smallest absolute Gasteiger partial charge is 0.435 e. The van der Waals surface area contributed by atoms with E-state index in [9.17, 15) is 35.9 Å². The highest BCUT2D eigenvalue weighted by Gasteiger charge is 2.42. The summed E-state index contributed by atoms with van der Waals surface area (Å²) in [5.74, 6) is -4.89. The zero-order valence-corrected chi connectivity index (χ0v) is 20.5. The number of alkyl halides is 3. The first-order valence-electron chi connectivity index (χ1n) is 11.7. The van der Waals surface area contributed by atoms with Crippen LogP contribution < -0.4 is 15.8 Å². The molecule has 14 heteroatoms. The summed E-state index contributed by atoms with van der Waals surface area (Å²) < 4.78 is 88.1. The van der Waals surface area contributed by atoms with Gasteiger partial charge in [0.25, 0.3) is 5.91 Å². The Balaban J connectivity index is 1.49. The molecule has 1 aliphatic rings. The molecule has 4 rings (SSSR count). The van der Waals surface area contributed by atoms with Gasteiger partial charge in [0.15, 0.2) is 17.3 Å². The van der Waals surface area contributed by atoms with E-state index in [2.05, 4.69) is 10.3 Å². The van der Waals surface area contributed by atoms with Crippen LogP contribution in [0.25, 0.3) is 0 Å². The van der Waals surface area contributed by atoms with E-state index in [0.717, 1.165) is 4.57 Å². The van der Waals surface area contributed by atoms with Crippen molar-refractivity contribution in [2.45, 2.75) is 38.1 Å². The van der Waals surface area contributed by atoms with Crippen molar-refractivity contribution in [1.82, 2.24) is 14.5 Å². The fourth-order valence-corrected chi connectivity index (χ4v) is 4.26. The quantitative estimate of drug-likeness (QED) is 0.340. The molecule has 0 unspecified atom stereocenters. The zero-order chi connectivity index (χ0) is 28.5. The molecule has 1 aliphatic heterocycles. The first-order chi connectivity index (χ1) is 18.4. The van der Waals surface area contributed by atoms with Gasteiger partial charge in [0.05, 0.1) is 13.7 Å². The summed E-state index contributed by atoms with van der Waals surface area (Å²) in [5.41, 5.74) is 3.87. The van der Waals surface area contributed by atoms with Crippen molar-refractivity contribution in [3.63, 3.8) is 0 Å². The largest absolute Gasteiger partial charge is 0.497 e. The van der Waals surface area contributed by atoms with Crippen molar-refractivity contribution in [3.05, 3.63) is 76.6 Å². The molecule has 0 fully saturated rings. The molecule has 0 bridgehead atoms. The third-order valence-corrected chi connectivity index (χ3v) is 6.16. The molecule has 8 nitrogen and oxygen atoms in total. The van der Waals surface area contributed by atoms with Gasteiger partial charge in [-0.25, -0.2) is 18.2 Å². The number of ether oxygens (including phenoxy) is 1. The van der Waals surface area contributed by atoms with E-state index in [1.165, 1.54) is 36.3 Å². The second-order valence-corrected chi connectivity index (χ2v) is 8.90. The van der Waals surface area contributed by atoms with Crippen molar-refractivity contribution in [2.24, 2.45) is 5.73 Å². The molecule has 2 aromatic carbocycles. The molecule has 0 aliphatic carbocycles. The van der Waals surface area contributed by atoms with E-state index in [4.69, 9.17) is 10.5 Å². The molecule has 0 radical (unpaired) electrons. The highest BCUT2D eigenvalue weighted by Crippen LogP contribution is 2.34. The molecule has 0 saturated heterocycles. The Morgan fingerprint density at radius 2 is 1.74 bits per heavy atom. The number of carbonyl (C=O) groups is 2. The van der Waals surface area contributed by atoms with E-state index in [1.807, 2.05) is 0 Å². The van der Waals surface area contributed by atoms with Gasteiger partial charge in [-0.05, 0) is 42.3 Å². The first kappa shape index (κ1) is 28.0. The van der Waals surface area contributed by atoms with Crippen LogP contribution in [0, 0.1) is 17.5 Å². The maximum absolute atomic E-state index is 13.9. The highest BCUT2D eigenvalue weighted by atomic mass is 19.4. The van der Waals surface area contributed by atoms with Gasteiger partial charge in [0, 0.05) is 37.3 Å². The van der Waals surface area contributed by atoms with Crippen molar-refractivity contribution < 1.29 is 40.7 Å². The lowest BCUT2D eigenvalue weighted by Gasteiger charge is -2.29. The Bertz CT molecular complexity index is 1390. The summed E-state index contributed by atoms with van der Waals surface area (Å²) >= 11 is 0. The van der Waals surface area contributed by atoms with Gasteiger partial charge in [0.2, 0.25) is 5.91 Å². The SMILES string of the molecule is COc1ccc(NC(=O)c2c(C(F)(F)F)nc3n2CCN(C(=O)C[C@@H](N)Cc2cc(F)c(F)cc2F)C3)cc1. The van der Waals surface area contributed by atoms with Gasteiger partial charge in [-0.1, -0.05) is 0 Å². The van der Waals surface area contributed by atoms with Crippen molar-refractivity contribution in [2.75, 3.05) is 19.0 Å². The van der Waals surface area contributed by atoms with Gasteiger partial charge in [0.1, 0.15) is 23.1 Å². The summed E-state index contributed by atoms with van der Waals surface area (Å²) in [6.45, 7) is -0.527. The van der Waals surface area contributed by atoms with Crippen LogP contribution in [0.2, 0.25) is 0 Å². The van der Waals surface area contributed by atoms with Crippen molar-refractivity contribution in [3.8, 4) is 5.75 Å². The van der Waals surface area contributed by atoms with E-state index < -0.39 is 52.9 Å². The molecule has 3 aromatic rings. The van der Waals surface area contributed by atoms with Crippen molar-refractivity contribution in [1.29, 1.82) is 0 Å². The zero-order valence-electron chi connectivity index (χ0n) is 20.5. The van der Waals surface area contributed by atoms with Gasteiger partial charge in [-0.3, -0.25) is 9.59 Å². The number of nitrogens with zero attached hydrogens (tertiary/aromatic N) is 3. The highest BCUT2D eigenvalue weighted by molar-refractivity contribution is 6.04. The number of anilines is 1. The number of carbonyl (C=O) groups excluding carboxylic acids is 2. The van der Waals surface area contributed by atoms with Crippen molar-refractivity contribution >= 4 is 17.5 Å². The summed E-state index contributed by atoms with van der Waals surface area (Å²) in [6.07, 6.45) is -5.55. The van der Waals surface area contributed by atoms with Crippen LogP contribution in [0.4, 0.5) is 32.0 Å². The fraction of sp³-hybridized carbons (Fsp3) is 0.320. The second-order valence-electron chi connectivity index (χ2n) is 8.90. The fourth-order valence-electron chi connectivity index (χ4n) is 4.26. The van der Waals surface area contributed by atoms with Crippen LogP contribution in [-0.2, 0) is 30.5 Å². The molecule has 2 heterocycles. The van der Waals surface area contributed by atoms with Crippen LogP contribution in [0.15, 0.2) is 36.4 Å². The van der Waals surface area contributed by atoms with E-state index in [0.29, 0.717) is 17.9 Å². The number of rotatable bonds is 7. The van der Waals surface area contributed by atoms with E-state index >= 15 is 0 Å². The number of halogens is 6. The average molecular weight is 555 g/mol. The van der Waals surface area contributed by atoms with Crippen LogP contribution in [0.3, 0.4) is 0 Å². The Labute approximate surface area is 218 Å². The number of nitrogens with one attached hydrogen (secondary N) is 1. The van der Waals surface area contributed by atoms with Crippen LogP contribution in [0.1, 0.15) is 34.0 Å². The van der Waals surface area contributed by atoms with Crippen LogP contribution in [0.5, 0.6) is 5.75 Å². The minimum atomic E-state index is -4.94. The maximum Gasteiger partial charge on any atom is 0.435 e. The predicted octanol–water partition coefficient (Wildman–Crippen LogP) is 3.88. The number of fused-ring (bicyclic) bond motifs is 1. The average Bonchev–Trinajstić information content (AvgIpc) is 3.27. The number of amides is 2. The normalized spacial score (nSPS) is 14.1. The van der Waals surface area contributed by atoms with Gasteiger partial charge < -0.3 is 25.3 Å². The molecule has 0 saturated carbocycles. The maximum atomic E-state index is 13.9. The summed E-state index contributed by atoms with van der Waals surface area (Å²) in [5, 5.41) is 2.42. The molecule has 1 atom stereocenters. The lowest BCUT2D eigenvalue weighted by atomic mass is 10.0. The molecule has 3 N–H and O–H groups in total. The number of benzene rings is 2. The number of aromatic nitrogens is 2. The lowest BCUT2D eigenvalue weighted by molar-refractivity contribution is -0.141. The molecule has 39 heavy (non-hydrogen) atoms. The van der Waals surface area contributed by atoms with E-state index in [-0.39, 0.29) is 49.6 Å². The van der Waals surface area contributed by atoms with E-state index in [1.54, 1.807) is 0 Å². The molecular formula is C25H23F6N5O3. The Hall–Kier alpha value is -4.07. The summed E-state index contributed by atoms with van der Waals surface area (Å²) in [7, 11) is 1.44. The van der Waals surface area contributed by atoms with Crippen LogP contribution in [-0.4, -0.2) is 46.0 Å². The number of hydrogen-bond acceptors (Lipinski definition) is 5. The number of imidazole rings is 1. The molecule has 0 spiro atoms. The third kappa shape index (κ3) is 6.16. The van der Waals surface area contributed by atoms with Gasteiger partial charge in [-0.15, -0.1) is 0 Å². The lowest BCUT2D eigenvalue weighted by Crippen LogP contribution is -2.42. The number of hydrogen-bond donors (Lipinski definition) is 2. The van der Waals surface area contributed by atoms with Crippen LogP contribution >= 0.6 is 0 Å².